The topological polar surface area (TPSA) is 16.4 Å². The first-order chi connectivity index (χ1) is 23.8. The van der Waals surface area contributed by atoms with Crippen LogP contribution in [0.15, 0.2) is 192 Å². The van der Waals surface area contributed by atoms with Gasteiger partial charge in [0.2, 0.25) is 0 Å². The molecule has 0 amide bonds. The monoisotopic (exact) mass is 613 g/mol. The fourth-order valence-electron chi connectivity index (χ4n) is 6.98. The van der Waals surface area contributed by atoms with Crippen molar-refractivity contribution in [3.8, 4) is 33.4 Å². The summed E-state index contributed by atoms with van der Waals surface area (Å²) in [5.74, 6) is 0. The zero-order chi connectivity index (χ0) is 31.9. The third kappa shape index (κ3) is 4.92. The third-order valence-corrected chi connectivity index (χ3v) is 9.21. The first-order valence-electron chi connectivity index (χ1n) is 16.3. The van der Waals surface area contributed by atoms with Gasteiger partial charge in [0.1, 0.15) is 11.2 Å². The van der Waals surface area contributed by atoms with Crippen LogP contribution in [0.3, 0.4) is 0 Å². The summed E-state index contributed by atoms with van der Waals surface area (Å²) in [6, 6.07) is 66.8. The largest absolute Gasteiger partial charge is 0.456 e. The van der Waals surface area contributed by atoms with E-state index in [1.54, 1.807) is 0 Å². The molecule has 2 heteroatoms. The molecule has 226 valence electrons. The SMILES string of the molecule is c1ccc(-c2cc(-c3ccccc3)cc(N(c3ccccc3)c3ccc4c(c3)oc3cc(-c5ccccc5)c5ccccc5c34)c2)cc1. The molecule has 0 N–H and O–H groups in total. The van der Waals surface area contributed by atoms with Gasteiger partial charge in [-0.3, -0.25) is 0 Å². The lowest BCUT2D eigenvalue weighted by Crippen LogP contribution is -2.10. The van der Waals surface area contributed by atoms with Crippen LogP contribution < -0.4 is 4.90 Å². The van der Waals surface area contributed by atoms with E-state index in [-0.39, 0.29) is 0 Å². The quantitative estimate of drug-likeness (QED) is 0.185. The normalized spacial score (nSPS) is 11.3. The van der Waals surface area contributed by atoms with Crippen molar-refractivity contribution in [3.63, 3.8) is 0 Å². The van der Waals surface area contributed by atoms with Crippen molar-refractivity contribution in [2.24, 2.45) is 0 Å². The minimum absolute atomic E-state index is 0.862. The fourth-order valence-corrected chi connectivity index (χ4v) is 6.98. The molecule has 9 rings (SSSR count). The summed E-state index contributed by atoms with van der Waals surface area (Å²) < 4.78 is 6.74. The van der Waals surface area contributed by atoms with E-state index in [4.69, 9.17) is 4.42 Å². The van der Waals surface area contributed by atoms with Gasteiger partial charge in [0.25, 0.3) is 0 Å². The lowest BCUT2D eigenvalue weighted by molar-refractivity contribution is 0.669. The second kappa shape index (κ2) is 11.8. The van der Waals surface area contributed by atoms with Crippen molar-refractivity contribution in [2.45, 2.75) is 0 Å². The zero-order valence-electron chi connectivity index (χ0n) is 26.3. The molecule has 2 nitrogen and oxygen atoms in total. The van der Waals surface area contributed by atoms with Crippen molar-refractivity contribution in [2.75, 3.05) is 4.90 Å². The Morgan fingerprint density at radius 1 is 0.312 bits per heavy atom. The third-order valence-electron chi connectivity index (χ3n) is 9.21. The number of anilines is 3. The van der Waals surface area contributed by atoms with Gasteiger partial charge in [-0.15, -0.1) is 0 Å². The highest BCUT2D eigenvalue weighted by molar-refractivity contribution is 6.22. The van der Waals surface area contributed by atoms with Crippen LogP contribution in [0.5, 0.6) is 0 Å². The summed E-state index contributed by atoms with van der Waals surface area (Å²) in [5.41, 5.74) is 12.0. The molecule has 0 atom stereocenters. The molecule has 0 saturated carbocycles. The summed E-state index contributed by atoms with van der Waals surface area (Å²) in [6.45, 7) is 0. The Bertz CT molecular complexity index is 2480. The molecule has 0 aliphatic heterocycles. The first-order valence-corrected chi connectivity index (χ1v) is 16.3. The van der Waals surface area contributed by atoms with Gasteiger partial charge in [0.15, 0.2) is 0 Å². The lowest BCUT2D eigenvalue weighted by Gasteiger charge is -2.27. The lowest BCUT2D eigenvalue weighted by atomic mass is 9.95. The molecule has 48 heavy (non-hydrogen) atoms. The van der Waals surface area contributed by atoms with Crippen molar-refractivity contribution in [1.82, 2.24) is 0 Å². The van der Waals surface area contributed by atoms with Gasteiger partial charge in [0, 0.05) is 33.9 Å². The van der Waals surface area contributed by atoms with Crippen LogP contribution >= 0.6 is 0 Å². The zero-order valence-corrected chi connectivity index (χ0v) is 26.3. The van der Waals surface area contributed by atoms with E-state index in [1.165, 1.54) is 33.0 Å². The van der Waals surface area contributed by atoms with Crippen LogP contribution in [-0.2, 0) is 0 Å². The summed E-state index contributed by atoms with van der Waals surface area (Å²) >= 11 is 0. The summed E-state index contributed by atoms with van der Waals surface area (Å²) in [6.07, 6.45) is 0. The highest BCUT2D eigenvalue weighted by atomic mass is 16.3. The average Bonchev–Trinajstić information content (AvgIpc) is 3.54. The molecule has 0 aliphatic carbocycles. The molecule has 9 aromatic rings. The molecule has 0 bridgehead atoms. The van der Waals surface area contributed by atoms with Crippen LogP contribution in [0, 0.1) is 0 Å². The van der Waals surface area contributed by atoms with Crippen molar-refractivity contribution in [1.29, 1.82) is 0 Å². The average molecular weight is 614 g/mol. The Hall–Kier alpha value is -6.38. The van der Waals surface area contributed by atoms with Gasteiger partial charge in [-0.2, -0.15) is 0 Å². The summed E-state index contributed by atoms with van der Waals surface area (Å²) in [5, 5.41) is 4.68. The summed E-state index contributed by atoms with van der Waals surface area (Å²) in [7, 11) is 0. The van der Waals surface area contributed by atoms with Crippen molar-refractivity contribution >= 4 is 49.8 Å². The molecule has 0 unspecified atom stereocenters. The molecular formula is C46H31NO. The number of hydrogen-bond donors (Lipinski definition) is 0. The number of benzene rings is 8. The number of furan rings is 1. The molecule has 0 spiro atoms. The number of fused-ring (bicyclic) bond motifs is 5. The number of rotatable bonds is 6. The van der Waals surface area contributed by atoms with E-state index in [2.05, 4.69) is 193 Å². The first kappa shape index (κ1) is 27.9. The molecular weight excluding hydrogens is 583 g/mol. The second-order valence-corrected chi connectivity index (χ2v) is 12.2. The number of para-hydroxylation sites is 1. The molecule has 0 saturated heterocycles. The molecule has 8 aromatic carbocycles. The Labute approximate surface area is 279 Å². The molecule has 1 heterocycles. The predicted octanol–water partition coefficient (Wildman–Crippen LogP) is 13.2. The summed E-state index contributed by atoms with van der Waals surface area (Å²) in [4.78, 5) is 2.33. The van der Waals surface area contributed by atoms with Crippen LogP contribution in [0.25, 0.3) is 66.1 Å². The van der Waals surface area contributed by atoms with Gasteiger partial charge in [-0.1, -0.05) is 133 Å². The van der Waals surface area contributed by atoms with Gasteiger partial charge in [-0.25, -0.2) is 0 Å². The van der Waals surface area contributed by atoms with E-state index in [9.17, 15) is 0 Å². The van der Waals surface area contributed by atoms with Gasteiger partial charge in [0.05, 0.1) is 0 Å². The molecule has 0 fully saturated rings. The number of nitrogens with zero attached hydrogens (tertiary/aromatic N) is 1. The van der Waals surface area contributed by atoms with Crippen LogP contribution in [0.4, 0.5) is 17.1 Å². The second-order valence-electron chi connectivity index (χ2n) is 12.2. The van der Waals surface area contributed by atoms with Gasteiger partial charge < -0.3 is 9.32 Å². The fraction of sp³-hybridized carbons (Fsp3) is 0. The molecule has 1 aromatic heterocycles. The smallest absolute Gasteiger partial charge is 0.137 e. The minimum atomic E-state index is 0.862. The maximum Gasteiger partial charge on any atom is 0.137 e. The Morgan fingerprint density at radius 2 is 0.854 bits per heavy atom. The van der Waals surface area contributed by atoms with E-state index < -0.39 is 0 Å². The predicted molar refractivity (Wildman–Crippen MR) is 202 cm³/mol. The van der Waals surface area contributed by atoms with Crippen molar-refractivity contribution < 1.29 is 4.42 Å². The Morgan fingerprint density at radius 3 is 1.48 bits per heavy atom. The highest BCUT2D eigenvalue weighted by Gasteiger charge is 2.19. The van der Waals surface area contributed by atoms with Crippen molar-refractivity contribution in [3.05, 3.63) is 188 Å². The van der Waals surface area contributed by atoms with Crippen LogP contribution in [0.1, 0.15) is 0 Å². The minimum Gasteiger partial charge on any atom is -0.456 e. The van der Waals surface area contributed by atoms with Gasteiger partial charge >= 0.3 is 0 Å². The van der Waals surface area contributed by atoms with E-state index >= 15 is 0 Å². The van der Waals surface area contributed by atoms with Crippen LogP contribution in [0.2, 0.25) is 0 Å². The molecule has 0 radical (unpaired) electrons. The standard InChI is InChI=1S/C46H31NO/c1-5-15-32(16-6-1)35-27-36(33-17-7-2-8-18-33)29-39(28-35)47(37-21-11-4-12-22-37)38-25-26-42-44(30-38)48-45-31-43(34-19-9-3-10-20-34)40-23-13-14-24-41(40)46(42)45/h1-31H. The highest BCUT2D eigenvalue weighted by Crippen LogP contribution is 2.44. The van der Waals surface area contributed by atoms with E-state index in [0.717, 1.165) is 50.1 Å². The van der Waals surface area contributed by atoms with Gasteiger partial charge in [-0.05, 0) is 92.7 Å². The van der Waals surface area contributed by atoms with E-state index in [1.807, 2.05) is 0 Å². The Kier molecular flexibility index (Phi) is 6.84. The maximum atomic E-state index is 6.74. The van der Waals surface area contributed by atoms with E-state index in [0.29, 0.717) is 0 Å². The maximum absolute atomic E-state index is 6.74. The number of hydrogen-bond acceptors (Lipinski definition) is 2. The Balaban J connectivity index is 1.27. The molecule has 0 aliphatic rings. The van der Waals surface area contributed by atoms with Crippen LogP contribution in [-0.4, -0.2) is 0 Å².